The predicted molar refractivity (Wildman–Crippen MR) is 187 cm³/mol. The van der Waals surface area contributed by atoms with Gasteiger partial charge in [0.1, 0.15) is 0 Å². The van der Waals surface area contributed by atoms with E-state index in [4.69, 9.17) is 33.0 Å². The molecule has 0 atom stereocenters. The SMILES string of the molecule is COc1c(OC)c(OC)c2ccccc2c1CCNCCCCNCCc1c(OC)c(OC)c(OC)c2ccccc12.CS(=O)(=O)O. The van der Waals surface area contributed by atoms with Gasteiger partial charge >= 0.3 is 0 Å². The van der Waals surface area contributed by atoms with Gasteiger partial charge in [0.15, 0.2) is 23.0 Å². The van der Waals surface area contributed by atoms with Crippen molar-refractivity contribution in [2.75, 3.05) is 75.1 Å². The molecule has 0 saturated carbocycles. The van der Waals surface area contributed by atoms with Crippen molar-refractivity contribution in [1.29, 1.82) is 0 Å². The Morgan fingerprint density at radius 2 is 0.809 bits per heavy atom. The molecule has 0 heterocycles. The summed E-state index contributed by atoms with van der Waals surface area (Å²) in [6.07, 6.45) is 4.53. The molecule has 12 heteroatoms. The monoisotopic (exact) mass is 672 g/mol. The van der Waals surface area contributed by atoms with E-state index in [0.29, 0.717) is 29.3 Å². The molecule has 258 valence electrons. The van der Waals surface area contributed by atoms with E-state index < -0.39 is 10.1 Å². The van der Waals surface area contributed by atoms with Gasteiger partial charge in [-0.3, -0.25) is 4.55 Å². The molecule has 11 nitrogen and oxygen atoms in total. The maximum atomic E-state index is 9.19. The summed E-state index contributed by atoms with van der Waals surface area (Å²) in [4.78, 5) is 0. The molecule has 0 fully saturated rings. The van der Waals surface area contributed by atoms with Crippen LogP contribution in [0.5, 0.6) is 34.5 Å². The number of hydrogen-bond donors (Lipinski definition) is 3. The molecule has 3 N–H and O–H groups in total. The lowest BCUT2D eigenvalue weighted by Gasteiger charge is -2.20. The highest BCUT2D eigenvalue weighted by molar-refractivity contribution is 7.85. The zero-order valence-corrected chi connectivity index (χ0v) is 29.2. The molecule has 0 saturated heterocycles. The summed E-state index contributed by atoms with van der Waals surface area (Å²) >= 11 is 0. The van der Waals surface area contributed by atoms with Crippen LogP contribution >= 0.6 is 0 Å². The molecule has 0 unspecified atom stereocenters. The molecule has 0 spiro atoms. The fourth-order valence-corrected chi connectivity index (χ4v) is 5.74. The largest absolute Gasteiger partial charge is 0.492 e. The van der Waals surface area contributed by atoms with Crippen molar-refractivity contribution in [1.82, 2.24) is 10.6 Å². The van der Waals surface area contributed by atoms with Gasteiger partial charge < -0.3 is 39.1 Å². The molecule has 0 aliphatic heterocycles. The lowest BCUT2D eigenvalue weighted by molar-refractivity contribution is 0.325. The number of unbranched alkanes of at least 4 members (excludes halogenated alkanes) is 1. The van der Waals surface area contributed by atoms with Gasteiger partial charge in [-0.15, -0.1) is 0 Å². The van der Waals surface area contributed by atoms with E-state index in [-0.39, 0.29) is 0 Å². The first-order chi connectivity index (χ1) is 22.6. The average molecular weight is 673 g/mol. The summed E-state index contributed by atoms with van der Waals surface area (Å²) in [6, 6.07) is 16.5. The molecule has 47 heavy (non-hydrogen) atoms. The van der Waals surface area contributed by atoms with Crippen LogP contribution in [0.3, 0.4) is 0 Å². The molecule has 4 aromatic carbocycles. The highest BCUT2D eigenvalue weighted by Gasteiger charge is 2.22. The maximum absolute atomic E-state index is 9.19. The van der Waals surface area contributed by atoms with E-state index in [9.17, 15) is 8.42 Å². The number of methoxy groups -OCH3 is 6. The number of rotatable bonds is 17. The molecular formula is C35H48N2O9S. The van der Waals surface area contributed by atoms with Gasteiger partial charge in [-0.05, 0) is 62.6 Å². The molecule has 0 radical (unpaired) electrons. The van der Waals surface area contributed by atoms with Crippen molar-refractivity contribution in [2.45, 2.75) is 25.7 Å². The van der Waals surface area contributed by atoms with Crippen LogP contribution < -0.4 is 39.1 Å². The predicted octanol–water partition coefficient (Wildman–Crippen LogP) is 5.29. The Balaban J connectivity index is 0.00000111. The summed E-state index contributed by atoms with van der Waals surface area (Å²) in [5.74, 6) is 4.15. The fourth-order valence-electron chi connectivity index (χ4n) is 5.74. The lowest BCUT2D eigenvalue weighted by Crippen LogP contribution is -2.22. The zero-order valence-electron chi connectivity index (χ0n) is 28.4. The van der Waals surface area contributed by atoms with Gasteiger partial charge in [0.25, 0.3) is 10.1 Å². The number of fused-ring (bicyclic) bond motifs is 2. The first kappa shape index (κ1) is 37.5. The number of nitrogens with one attached hydrogen (secondary N) is 2. The molecule has 0 amide bonds. The summed E-state index contributed by atoms with van der Waals surface area (Å²) in [7, 11) is 6.32. The summed E-state index contributed by atoms with van der Waals surface area (Å²) < 4.78 is 60.2. The normalized spacial score (nSPS) is 11.1. The second kappa shape index (κ2) is 18.4. The Morgan fingerprint density at radius 3 is 1.11 bits per heavy atom. The van der Waals surface area contributed by atoms with Gasteiger partial charge in [-0.1, -0.05) is 48.5 Å². The fraction of sp³-hybridized carbons (Fsp3) is 0.429. The van der Waals surface area contributed by atoms with E-state index in [1.807, 2.05) is 24.3 Å². The lowest BCUT2D eigenvalue weighted by atomic mass is 9.99. The zero-order chi connectivity index (χ0) is 34.4. The third-order valence-electron chi connectivity index (χ3n) is 7.65. The Hall–Kier alpha value is -3.97. The first-order valence-electron chi connectivity index (χ1n) is 15.4. The number of ether oxygens (including phenoxy) is 6. The minimum absolute atomic E-state index is 0.637. The minimum atomic E-state index is -3.67. The molecular weight excluding hydrogens is 624 g/mol. The van der Waals surface area contributed by atoms with Crippen molar-refractivity contribution in [2.24, 2.45) is 0 Å². The van der Waals surface area contributed by atoms with Crippen LogP contribution in [0.15, 0.2) is 48.5 Å². The molecule has 4 rings (SSSR count). The number of benzene rings is 4. The van der Waals surface area contributed by atoms with Crippen molar-refractivity contribution in [3.8, 4) is 34.5 Å². The molecule has 0 bridgehead atoms. The second-order valence-electron chi connectivity index (χ2n) is 10.7. The third kappa shape index (κ3) is 9.77. The van der Waals surface area contributed by atoms with E-state index in [2.05, 4.69) is 34.9 Å². The van der Waals surface area contributed by atoms with Crippen molar-refractivity contribution < 1.29 is 41.4 Å². The third-order valence-corrected chi connectivity index (χ3v) is 7.65. The minimum Gasteiger partial charge on any atom is -0.492 e. The van der Waals surface area contributed by atoms with Gasteiger partial charge in [0.2, 0.25) is 11.5 Å². The summed E-state index contributed by atoms with van der Waals surface area (Å²) in [5.41, 5.74) is 2.25. The van der Waals surface area contributed by atoms with E-state index in [1.165, 1.54) is 0 Å². The van der Waals surface area contributed by atoms with Gasteiger partial charge in [0.05, 0.1) is 48.9 Å². The smallest absolute Gasteiger partial charge is 0.261 e. The van der Waals surface area contributed by atoms with E-state index in [0.717, 1.165) is 96.0 Å². The average Bonchev–Trinajstić information content (AvgIpc) is 3.06. The van der Waals surface area contributed by atoms with Gasteiger partial charge in [0, 0.05) is 21.9 Å². The summed E-state index contributed by atoms with van der Waals surface area (Å²) in [5, 5.41) is 11.5. The Morgan fingerprint density at radius 1 is 0.511 bits per heavy atom. The van der Waals surface area contributed by atoms with Crippen molar-refractivity contribution >= 4 is 31.7 Å². The summed E-state index contributed by atoms with van der Waals surface area (Å²) in [6.45, 7) is 3.58. The number of hydrogen-bond acceptors (Lipinski definition) is 10. The van der Waals surface area contributed by atoms with Gasteiger partial charge in [-0.2, -0.15) is 8.42 Å². The highest BCUT2D eigenvalue weighted by atomic mass is 32.2. The van der Waals surface area contributed by atoms with Gasteiger partial charge in [-0.25, -0.2) is 0 Å². The van der Waals surface area contributed by atoms with Crippen LogP contribution in [-0.4, -0.2) is 88.1 Å². The molecule has 0 aromatic heterocycles. The standard InChI is InChI=1S/C34H44N2O6.CH4O3S/c1-37-29-25-15-9-7-13-23(25)27(31(39-3)33(29)41-5)17-21-35-19-11-12-20-36-22-18-28-24-14-8-10-16-26(24)30(38-2)34(42-6)32(28)40-4;1-5(2,3)4/h7-10,13-16,35-36H,11-12,17-22H2,1-6H3;1H3,(H,2,3,4). The van der Waals surface area contributed by atoms with Crippen LogP contribution in [0.1, 0.15) is 24.0 Å². The molecule has 4 aromatic rings. The van der Waals surface area contributed by atoms with Crippen LogP contribution in [0, 0.1) is 0 Å². The van der Waals surface area contributed by atoms with Crippen LogP contribution in [-0.2, 0) is 23.0 Å². The van der Waals surface area contributed by atoms with E-state index in [1.54, 1.807) is 42.7 Å². The molecule has 0 aliphatic carbocycles. The van der Waals surface area contributed by atoms with Crippen LogP contribution in [0.25, 0.3) is 21.5 Å². The van der Waals surface area contributed by atoms with Crippen LogP contribution in [0.4, 0.5) is 0 Å². The Kier molecular flexibility index (Phi) is 14.7. The molecule has 0 aliphatic rings. The van der Waals surface area contributed by atoms with Crippen molar-refractivity contribution in [3.63, 3.8) is 0 Å². The quantitative estimate of drug-likeness (QED) is 0.0998. The Bertz CT molecular complexity index is 1590. The topological polar surface area (TPSA) is 134 Å². The highest BCUT2D eigenvalue weighted by Crippen LogP contribution is 2.47. The Labute approximate surface area is 278 Å². The van der Waals surface area contributed by atoms with E-state index >= 15 is 0 Å². The maximum Gasteiger partial charge on any atom is 0.261 e. The van der Waals surface area contributed by atoms with Crippen LogP contribution in [0.2, 0.25) is 0 Å². The second-order valence-corrected chi connectivity index (χ2v) is 12.2. The first-order valence-corrected chi connectivity index (χ1v) is 17.2. The van der Waals surface area contributed by atoms with Crippen molar-refractivity contribution in [3.05, 3.63) is 59.7 Å².